The molecule has 17 heavy (non-hydrogen) atoms. The molecule has 0 saturated heterocycles. The Morgan fingerprint density at radius 2 is 2.35 bits per heavy atom. The van der Waals surface area contributed by atoms with Crippen LogP contribution in [0.2, 0.25) is 0 Å². The lowest BCUT2D eigenvalue weighted by molar-refractivity contribution is -0.122. The van der Waals surface area contributed by atoms with Gasteiger partial charge in [-0.15, -0.1) is 6.58 Å². The minimum atomic E-state index is -0.113. The van der Waals surface area contributed by atoms with E-state index in [-0.39, 0.29) is 11.9 Å². The van der Waals surface area contributed by atoms with Crippen molar-refractivity contribution in [2.75, 3.05) is 12.3 Å². The van der Waals surface area contributed by atoms with Crippen LogP contribution in [0, 0.1) is 0 Å². The maximum atomic E-state index is 11.7. The molecule has 0 spiro atoms. The third-order valence-corrected chi connectivity index (χ3v) is 4.44. The summed E-state index contributed by atoms with van der Waals surface area (Å²) in [7, 11) is 0. The van der Waals surface area contributed by atoms with Gasteiger partial charge < -0.3 is 10.6 Å². The summed E-state index contributed by atoms with van der Waals surface area (Å²) in [5.74, 6) is 1.22. The maximum Gasteiger partial charge on any atom is 0.237 e. The molecule has 0 aromatic rings. The van der Waals surface area contributed by atoms with E-state index in [0.717, 1.165) is 5.75 Å². The lowest BCUT2D eigenvalue weighted by Crippen LogP contribution is -2.48. The van der Waals surface area contributed by atoms with Crippen molar-refractivity contribution >= 4 is 17.7 Å². The molecular formula is C13H24N2OS. The third kappa shape index (κ3) is 4.72. The second-order valence-corrected chi connectivity index (χ2v) is 5.97. The van der Waals surface area contributed by atoms with Crippen molar-refractivity contribution in [2.24, 2.45) is 0 Å². The molecule has 98 valence electrons. The quantitative estimate of drug-likeness (QED) is 0.684. The van der Waals surface area contributed by atoms with Crippen LogP contribution < -0.4 is 10.6 Å². The van der Waals surface area contributed by atoms with E-state index < -0.39 is 0 Å². The van der Waals surface area contributed by atoms with Gasteiger partial charge in [-0.3, -0.25) is 4.79 Å². The minimum absolute atomic E-state index is 0.0667. The van der Waals surface area contributed by atoms with E-state index in [9.17, 15) is 4.79 Å². The smallest absolute Gasteiger partial charge is 0.237 e. The van der Waals surface area contributed by atoms with Crippen molar-refractivity contribution in [1.29, 1.82) is 0 Å². The molecule has 1 fully saturated rings. The summed E-state index contributed by atoms with van der Waals surface area (Å²) < 4.78 is 0. The topological polar surface area (TPSA) is 41.1 Å². The molecule has 3 nitrogen and oxygen atoms in total. The number of hydrogen-bond acceptors (Lipinski definition) is 3. The van der Waals surface area contributed by atoms with Crippen molar-refractivity contribution in [3.05, 3.63) is 12.7 Å². The third-order valence-electron chi connectivity index (χ3n) is 3.11. The number of nitrogens with one attached hydrogen (secondary N) is 2. The Labute approximate surface area is 109 Å². The average Bonchev–Trinajstić information content (AvgIpc) is 2.74. The number of rotatable bonds is 7. The van der Waals surface area contributed by atoms with Gasteiger partial charge in [-0.05, 0) is 25.5 Å². The molecule has 0 aliphatic heterocycles. The van der Waals surface area contributed by atoms with Crippen LogP contribution in [0.25, 0.3) is 0 Å². The number of amides is 1. The molecule has 4 heteroatoms. The first kappa shape index (κ1) is 14.6. The summed E-state index contributed by atoms with van der Waals surface area (Å²) in [5.41, 5.74) is 0. The summed E-state index contributed by atoms with van der Waals surface area (Å²) in [6.45, 7) is 8.27. The van der Waals surface area contributed by atoms with Crippen LogP contribution in [0.3, 0.4) is 0 Å². The number of carbonyl (C=O) groups excluding carboxylic acids is 1. The van der Waals surface area contributed by atoms with E-state index in [1.165, 1.54) is 19.3 Å². The minimum Gasteiger partial charge on any atom is -0.351 e. The molecule has 0 radical (unpaired) electrons. The van der Waals surface area contributed by atoms with Gasteiger partial charge in [-0.25, -0.2) is 0 Å². The van der Waals surface area contributed by atoms with Gasteiger partial charge in [-0.2, -0.15) is 11.8 Å². The molecular weight excluding hydrogens is 232 g/mol. The molecule has 0 aromatic carbocycles. The second kappa shape index (κ2) is 7.77. The van der Waals surface area contributed by atoms with Crippen molar-refractivity contribution in [1.82, 2.24) is 10.6 Å². The molecule has 1 saturated carbocycles. The fraction of sp³-hybridized carbons (Fsp3) is 0.769. The van der Waals surface area contributed by atoms with E-state index in [2.05, 4.69) is 24.1 Å². The number of carbonyl (C=O) groups is 1. The standard InChI is InChI=1S/C13H24N2OS/c1-4-9-14-13(16)10(3)15-11-7-6-8-12(11)17-5-2/h4,10-12,15H,1,5-9H2,2-3H3,(H,14,16). The van der Waals surface area contributed by atoms with E-state index in [0.29, 0.717) is 17.8 Å². The highest BCUT2D eigenvalue weighted by Crippen LogP contribution is 2.30. The molecule has 0 heterocycles. The highest BCUT2D eigenvalue weighted by Gasteiger charge is 2.29. The fourth-order valence-electron chi connectivity index (χ4n) is 2.25. The van der Waals surface area contributed by atoms with Crippen LogP contribution in [-0.4, -0.2) is 35.5 Å². The Balaban J connectivity index is 2.36. The predicted octanol–water partition coefficient (Wildman–Crippen LogP) is 1.94. The average molecular weight is 256 g/mol. The molecule has 1 rings (SSSR count). The molecule has 1 amide bonds. The van der Waals surface area contributed by atoms with Gasteiger partial charge >= 0.3 is 0 Å². The summed E-state index contributed by atoms with van der Waals surface area (Å²) in [4.78, 5) is 11.7. The predicted molar refractivity (Wildman–Crippen MR) is 75.4 cm³/mol. The van der Waals surface area contributed by atoms with Crippen LogP contribution in [0.4, 0.5) is 0 Å². The van der Waals surface area contributed by atoms with Crippen molar-refractivity contribution < 1.29 is 4.79 Å². The fourth-order valence-corrected chi connectivity index (χ4v) is 3.46. The van der Waals surface area contributed by atoms with Crippen LogP contribution in [0.15, 0.2) is 12.7 Å². The monoisotopic (exact) mass is 256 g/mol. The van der Waals surface area contributed by atoms with E-state index in [1.807, 2.05) is 18.7 Å². The van der Waals surface area contributed by atoms with Crippen molar-refractivity contribution in [3.8, 4) is 0 Å². The zero-order chi connectivity index (χ0) is 12.7. The van der Waals surface area contributed by atoms with E-state index >= 15 is 0 Å². The molecule has 3 atom stereocenters. The highest BCUT2D eigenvalue weighted by molar-refractivity contribution is 7.99. The molecule has 1 aliphatic carbocycles. The molecule has 2 N–H and O–H groups in total. The van der Waals surface area contributed by atoms with Crippen molar-refractivity contribution in [2.45, 2.75) is 50.4 Å². The SMILES string of the molecule is C=CCNC(=O)C(C)NC1CCCC1SCC. The van der Waals surface area contributed by atoms with Gasteiger partial charge in [0, 0.05) is 17.8 Å². The van der Waals surface area contributed by atoms with Crippen LogP contribution in [-0.2, 0) is 4.79 Å². The Hall–Kier alpha value is -0.480. The van der Waals surface area contributed by atoms with Gasteiger partial charge in [0.05, 0.1) is 6.04 Å². The lowest BCUT2D eigenvalue weighted by atomic mass is 10.2. The zero-order valence-corrected chi connectivity index (χ0v) is 11.7. The van der Waals surface area contributed by atoms with Gasteiger partial charge in [-0.1, -0.05) is 19.4 Å². The van der Waals surface area contributed by atoms with Gasteiger partial charge in [0.15, 0.2) is 0 Å². The molecule has 3 unspecified atom stereocenters. The first-order valence-corrected chi connectivity index (χ1v) is 7.50. The van der Waals surface area contributed by atoms with Crippen LogP contribution in [0.1, 0.15) is 33.1 Å². The molecule has 1 aliphatic rings. The first-order chi connectivity index (χ1) is 8.19. The highest BCUT2D eigenvalue weighted by atomic mass is 32.2. The Morgan fingerprint density at radius 1 is 1.59 bits per heavy atom. The lowest BCUT2D eigenvalue weighted by Gasteiger charge is -2.24. The second-order valence-electron chi connectivity index (χ2n) is 4.45. The maximum absolute atomic E-state index is 11.7. The van der Waals surface area contributed by atoms with Gasteiger partial charge in [0.25, 0.3) is 0 Å². The normalized spacial score (nSPS) is 25.5. The van der Waals surface area contributed by atoms with Gasteiger partial charge in [0.2, 0.25) is 5.91 Å². The Kier molecular flexibility index (Phi) is 6.66. The Bertz CT molecular complexity index is 258. The first-order valence-electron chi connectivity index (χ1n) is 6.45. The van der Waals surface area contributed by atoms with Crippen LogP contribution in [0.5, 0.6) is 0 Å². The number of thioether (sulfide) groups is 1. The van der Waals surface area contributed by atoms with Crippen molar-refractivity contribution in [3.63, 3.8) is 0 Å². The van der Waals surface area contributed by atoms with Crippen LogP contribution >= 0.6 is 11.8 Å². The summed E-state index contributed by atoms with van der Waals surface area (Å²) in [6, 6.07) is 0.377. The summed E-state index contributed by atoms with van der Waals surface area (Å²) >= 11 is 2.01. The summed E-state index contributed by atoms with van der Waals surface area (Å²) in [6.07, 6.45) is 5.44. The largest absolute Gasteiger partial charge is 0.351 e. The Morgan fingerprint density at radius 3 is 3.00 bits per heavy atom. The zero-order valence-electron chi connectivity index (χ0n) is 10.9. The number of hydrogen-bond donors (Lipinski definition) is 2. The molecule has 0 bridgehead atoms. The van der Waals surface area contributed by atoms with E-state index in [4.69, 9.17) is 0 Å². The molecule has 0 aromatic heterocycles. The van der Waals surface area contributed by atoms with E-state index in [1.54, 1.807) is 6.08 Å². The van der Waals surface area contributed by atoms with Gasteiger partial charge in [0.1, 0.15) is 0 Å². The summed E-state index contributed by atoms with van der Waals surface area (Å²) in [5, 5.41) is 6.96.